The lowest BCUT2D eigenvalue weighted by molar-refractivity contribution is 0.926. The number of nitrogens with zero attached hydrogens (tertiary/aromatic N) is 1. The average molecular weight is 197 g/mol. The van der Waals surface area contributed by atoms with E-state index < -0.39 is 0 Å². The van der Waals surface area contributed by atoms with Crippen molar-refractivity contribution in [3.8, 4) is 6.07 Å². The molecular weight excluding hydrogens is 182 g/mol. The first-order chi connectivity index (χ1) is 7.26. The van der Waals surface area contributed by atoms with E-state index in [0.29, 0.717) is 5.92 Å². The SMILES string of the molecule is C=CC(C)c1cc(C#N)ccc1C1CC1. The molecule has 0 N–H and O–H groups in total. The van der Waals surface area contributed by atoms with Gasteiger partial charge < -0.3 is 0 Å². The van der Waals surface area contributed by atoms with Crippen LogP contribution >= 0.6 is 0 Å². The number of hydrogen-bond acceptors (Lipinski definition) is 1. The predicted molar refractivity (Wildman–Crippen MR) is 61.7 cm³/mol. The molecule has 1 fully saturated rings. The first kappa shape index (κ1) is 9.98. The molecule has 1 aliphatic carbocycles. The molecule has 2 rings (SSSR count). The third-order valence-electron chi connectivity index (χ3n) is 3.08. The number of allylic oxidation sites excluding steroid dienone is 1. The van der Waals surface area contributed by atoms with Crippen LogP contribution in [-0.4, -0.2) is 0 Å². The van der Waals surface area contributed by atoms with Crippen molar-refractivity contribution < 1.29 is 0 Å². The molecule has 1 heteroatoms. The lowest BCUT2D eigenvalue weighted by Gasteiger charge is -2.13. The molecule has 0 saturated heterocycles. The zero-order chi connectivity index (χ0) is 10.8. The summed E-state index contributed by atoms with van der Waals surface area (Å²) in [5.41, 5.74) is 3.45. The van der Waals surface area contributed by atoms with Crippen molar-refractivity contribution in [3.05, 3.63) is 47.5 Å². The summed E-state index contributed by atoms with van der Waals surface area (Å²) in [6.07, 6.45) is 4.54. The van der Waals surface area contributed by atoms with Crippen molar-refractivity contribution in [3.63, 3.8) is 0 Å². The van der Waals surface area contributed by atoms with Crippen molar-refractivity contribution >= 4 is 0 Å². The number of hydrogen-bond donors (Lipinski definition) is 0. The molecule has 0 heterocycles. The van der Waals surface area contributed by atoms with E-state index in [-0.39, 0.29) is 0 Å². The first-order valence-electron chi connectivity index (χ1n) is 5.42. The standard InChI is InChI=1S/C14H15N/c1-3-10(2)14-8-11(9-15)4-7-13(14)12-5-6-12/h3-4,7-8,10,12H,1,5-6H2,2H3. The van der Waals surface area contributed by atoms with Crippen LogP contribution in [0, 0.1) is 11.3 Å². The van der Waals surface area contributed by atoms with Crippen LogP contribution in [0.5, 0.6) is 0 Å². The molecule has 0 aromatic heterocycles. The molecule has 0 aliphatic heterocycles. The van der Waals surface area contributed by atoms with Gasteiger partial charge in [-0.15, -0.1) is 6.58 Å². The third kappa shape index (κ3) is 1.94. The van der Waals surface area contributed by atoms with Crippen LogP contribution in [0.25, 0.3) is 0 Å². The summed E-state index contributed by atoms with van der Waals surface area (Å²) < 4.78 is 0. The monoisotopic (exact) mass is 197 g/mol. The lowest BCUT2D eigenvalue weighted by atomic mass is 9.91. The molecule has 1 atom stereocenters. The predicted octanol–water partition coefficient (Wildman–Crippen LogP) is 3.73. The largest absolute Gasteiger partial charge is 0.192 e. The third-order valence-corrected chi connectivity index (χ3v) is 3.08. The first-order valence-corrected chi connectivity index (χ1v) is 5.42. The highest BCUT2D eigenvalue weighted by Crippen LogP contribution is 2.43. The van der Waals surface area contributed by atoms with Crippen molar-refractivity contribution in [1.82, 2.24) is 0 Å². The summed E-state index contributed by atoms with van der Waals surface area (Å²) in [4.78, 5) is 0. The van der Waals surface area contributed by atoms with Gasteiger partial charge in [-0.25, -0.2) is 0 Å². The normalized spacial score (nSPS) is 16.8. The fourth-order valence-corrected chi connectivity index (χ4v) is 1.93. The second-order valence-corrected chi connectivity index (χ2v) is 4.25. The summed E-state index contributed by atoms with van der Waals surface area (Å²) in [5.74, 6) is 1.07. The van der Waals surface area contributed by atoms with Crippen molar-refractivity contribution in [2.45, 2.75) is 31.6 Å². The van der Waals surface area contributed by atoms with Gasteiger partial charge in [-0.05, 0) is 47.9 Å². The minimum atomic E-state index is 0.342. The summed E-state index contributed by atoms with van der Waals surface area (Å²) in [6, 6.07) is 8.25. The Hall–Kier alpha value is -1.55. The molecule has 1 saturated carbocycles. The maximum atomic E-state index is 8.89. The van der Waals surface area contributed by atoms with Gasteiger partial charge in [0.05, 0.1) is 11.6 Å². The second-order valence-electron chi connectivity index (χ2n) is 4.25. The Morgan fingerprint density at radius 1 is 1.53 bits per heavy atom. The molecule has 1 aromatic rings. The minimum Gasteiger partial charge on any atom is -0.192 e. The van der Waals surface area contributed by atoms with E-state index in [0.717, 1.165) is 11.5 Å². The molecule has 0 spiro atoms. The Labute approximate surface area is 91.0 Å². The topological polar surface area (TPSA) is 23.8 Å². The van der Waals surface area contributed by atoms with Crippen LogP contribution in [0.3, 0.4) is 0 Å². The molecule has 0 bridgehead atoms. The van der Waals surface area contributed by atoms with E-state index in [2.05, 4.69) is 25.6 Å². The van der Waals surface area contributed by atoms with Crippen molar-refractivity contribution in [2.75, 3.05) is 0 Å². The Morgan fingerprint density at radius 3 is 2.80 bits per heavy atom. The number of benzene rings is 1. The maximum Gasteiger partial charge on any atom is 0.0991 e. The van der Waals surface area contributed by atoms with Gasteiger partial charge in [0.15, 0.2) is 0 Å². The summed E-state index contributed by atoms with van der Waals surface area (Å²) >= 11 is 0. The van der Waals surface area contributed by atoms with Gasteiger partial charge in [0.1, 0.15) is 0 Å². The molecule has 1 unspecified atom stereocenters. The minimum absolute atomic E-state index is 0.342. The summed E-state index contributed by atoms with van der Waals surface area (Å²) in [7, 11) is 0. The van der Waals surface area contributed by atoms with Crippen LogP contribution in [-0.2, 0) is 0 Å². The van der Waals surface area contributed by atoms with Crippen LogP contribution in [0.1, 0.15) is 48.3 Å². The molecule has 1 aromatic carbocycles. The van der Waals surface area contributed by atoms with Crippen LogP contribution in [0.2, 0.25) is 0 Å². The highest BCUT2D eigenvalue weighted by atomic mass is 14.3. The maximum absolute atomic E-state index is 8.89. The summed E-state index contributed by atoms with van der Waals surface area (Å²) in [6.45, 7) is 5.96. The molecule has 0 amide bonds. The highest BCUT2D eigenvalue weighted by molar-refractivity contribution is 5.43. The molecule has 1 nitrogen and oxygen atoms in total. The van der Waals surface area contributed by atoms with Gasteiger partial charge in [0.2, 0.25) is 0 Å². The Kier molecular flexibility index (Phi) is 2.60. The van der Waals surface area contributed by atoms with E-state index in [4.69, 9.17) is 5.26 Å². The van der Waals surface area contributed by atoms with E-state index in [1.807, 2.05) is 18.2 Å². The molecular formula is C14H15N. The Balaban J connectivity index is 2.45. The Bertz CT molecular complexity index is 421. The molecule has 15 heavy (non-hydrogen) atoms. The molecule has 0 radical (unpaired) electrons. The van der Waals surface area contributed by atoms with Gasteiger partial charge in [0, 0.05) is 0 Å². The summed E-state index contributed by atoms with van der Waals surface area (Å²) in [5, 5.41) is 8.89. The zero-order valence-electron chi connectivity index (χ0n) is 9.03. The highest BCUT2D eigenvalue weighted by Gasteiger charge is 2.26. The smallest absolute Gasteiger partial charge is 0.0991 e. The van der Waals surface area contributed by atoms with Crippen LogP contribution in [0.15, 0.2) is 30.9 Å². The number of rotatable bonds is 3. The van der Waals surface area contributed by atoms with E-state index >= 15 is 0 Å². The van der Waals surface area contributed by atoms with Gasteiger partial charge >= 0.3 is 0 Å². The quantitative estimate of drug-likeness (QED) is 0.677. The fourth-order valence-electron chi connectivity index (χ4n) is 1.93. The van der Waals surface area contributed by atoms with Gasteiger partial charge in [-0.2, -0.15) is 5.26 Å². The van der Waals surface area contributed by atoms with Gasteiger partial charge in [-0.1, -0.05) is 19.1 Å². The van der Waals surface area contributed by atoms with E-state index in [9.17, 15) is 0 Å². The van der Waals surface area contributed by atoms with Crippen LogP contribution < -0.4 is 0 Å². The number of nitriles is 1. The Morgan fingerprint density at radius 2 is 2.27 bits per heavy atom. The van der Waals surface area contributed by atoms with E-state index in [1.165, 1.54) is 24.0 Å². The van der Waals surface area contributed by atoms with Crippen molar-refractivity contribution in [1.29, 1.82) is 5.26 Å². The fraction of sp³-hybridized carbons (Fsp3) is 0.357. The van der Waals surface area contributed by atoms with Crippen molar-refractivity contribution in [2.24, 2.45) is 0 Å². The second kappa shape index (κ2) is 3.90. The average Bonchev–Trinajstić information content (AvgIpc) is 3.11. The molecule has 76 valence electrons. The van der Waals surface area contributed by atoms with Crippen LogP contribution in [0.4, 0.5) is 0 Å². The zero-order valence-corrected chi connectivity index (χ0v) is 9.03. The van der Waals surface area contributed by atoms with Gasteiger partial charge in [0.25, 0.3) is 0 Å². The van der Waals surface area contributed by atoms with Gasteiger partial charge in [-0.3, -0.25) is 0 Å². The lowest BCUT2D eigenvalue weighted by Crippen LogP contribution is -1.96. The van der Waals surface area contributed by atoms with E-state index in [1.54, 1.807) is 0 Å². The molecule has 1 aliphatic rings.